The highest BCUT2D eigenvalue weighted by molar-refractivity contribution is 6.30. The van der Waals surface area contributed by atoms with Crippen molar-refractivity contribution in [2.24, 2.45) is 5.10 Å². The number of amides is 1. The number of hydrogen-bond donors (Lipinski definition) is 2. The summed E-state index contributed by atoms with van der Waals surface area (Å²) >= 11 is 5.86. The average Bonchev–Trinajstić information content (AvgIpc) is 3.05. The van der Waals surface area contributed by atoms with Gasteiger partial charge in [-0.25, -0.2) is 5.43 Å². The van der Waals surface area contributed by atoms with Crippen molar-refractivity contribution in [1.29, 1.82) is 0 Å². The van der Waals surface area contributed by atoms with Crippen LogP contribution in [0.2, 0.25) is 5.02 Å². The van der Waals surface area contributed by atoms with Crippen LogP contribution in [0, 0.1) is 6.92 Å². The third-order valence-corrected chi connectivity index (χ3v) is 3.64. The number of H-pyrrole nitrogens is 1. The van der Waals surface area contributed by atoms with Gasteiger partial charge in [-0.15, -0.1) is 0 Å². The van der Waals surface area contributed by atoms with E-state index in [-0.39, 0.29) is 5.91 Å². The summed E-state index contributed by atoms with van der Waals surface area (Å²) < 4.78 is 0. The number of aromatic amines is 1. The fraction of sp³-hybridized carbons (Fsp3) is 0.0556. The van der Waals surface area contributed by atoms with E-state index < -0.39 is 0 Å². The molecular weight excluding hydrogens is 324 g/mol. The third kappa shape index (κ3) is 3.88. The molecule has 1 amide bonds. The minimum Gasteiger partial charge on any atom is -0.272 e. The summed E-state index contributed by atoms with van der Waals surface area (Å²) in [5.41, 5.74) is 6.40. The topological polar surface area (TPSA) is 70.1 Å². The lowest BCUT2D eigenvalue weighted by molar-refractivity contribution is 0.0950. The highest BCUT2D eigenvalue weighted by Crippen LogP contribution is 2.20. The van der Waals surface area contributed by atoms with E-state index in [0.717, 1.165) is 16.7 Å². The predicted molar refractivity (Wildman–Crippen MR) is 95.3 cm³/mol. The second kappa shape index (κ2) is 7.10. The molecule has 0 aliphatic carbocycles. The molecule has 2 N–H and O–H groups in total. The van der Waals surface area contributed by atoms with Gasteiger partial charge in [0.25, 0.3) is 5.91 Å². The van der Waals surface area contributed by atoms with Crippen molar-refractivity contribution >= 4 is 23.7 Å². The summed E-state index contributed by atoms with van der Waals surface area (Å²) in [5, 5.41) is 11.5. The monoisotopic (exact) mass is 338 g/mol. The molecule has 6 heteroatoms. The van der Waals surface area contributed by atoms with Gasteiger partial charge in [-0.3, -0.25) is 9.89 Å². The molecule has 0 atom stereocenters. The number of hydrazone groups is 1. The quantitative estimate of drug-likeness (QED) is 0.561. The molecule has 0 saturated heterocycles. The van der Waals surface area contributed by atoms with Gasteiger partial charge in [-0.1, -0.05) is 53.6 Å². The molecule has 0 spiro atoms. The Kier molecular flexibility index (Phi) is 4.72. The average molecular weight is 339 g/mol. The van der Waals surface area contributed by atoms with Gasteiger partial charge in [0.05, 0.1) is 11.9 Å². The number of carbonyl (C=O) groups is 1. The van der Waals surface area contributed by atoms with Crippen molar-refractivity contribution in [1.82, 2.24) is 15.6 Å². The van der Waals surface area contributed by atoms with Crippen LogP contribution in [0.4, 0.5) is 0 Å². The Morgan fingerprint density at radius 2 is 2.00 bits per heavy atom. The maximum atomic E-state index is 12.1. The van der Waals surface area contributed by atoms with Crippen molar-refractivity contribution in [2.45, 2.75) is 6.92 Å². The Hall–Kier alpha value is -2.92. The molecule has 0 saturated carbocycles. The molecular formula is C18H15ClN4O. The summed E-state index contributed by atoms with van der Waals surface area (Å²) in [7, 11) is 0. The van der Waals surface area contributed by atoms with Crippen LogP contribution in [-0.4, -0.2) is 22.3 Å². The molecule has 0 fully saturated rings. The van der Waals surface area contributed by atoms with Gasteiger partial charge in [0.2, 0.25) is 0 Å². The summed E-state index contributed by atoms with van der Waals surface area (Å²) in [5.74, 6) is -0.355. The summed E-state index contributed by atoms with van der Waals surface area (Å²) in [6.45, 7) is 2.00. The van der Waals surface area contributed by atoms with Crippen LogP contribution in [0.15, 0.2) is 59.7 Å². The van der Waals surface area contributed by atoms with Gasteiger partial charge >= 0.3 is 0 Å². The number of nitrogens with zero attached hydrogens (tertiary/aromatic N) is 2. The molecule has 0 unspecified atom stereocenters. The lowest BCUT2D eigenvalue weighted by Crippen LogP contribution is -2.18. The van der Waals surface area contributed by atoms with Crippen molar-refractivity contribution in [3.8, 4) is 11.3 Å². The van der Waals surface area contributed by atoms with Crippen molar-refractivity contribution in [2.75, 3.05) is 0 Å². The molecule has 0 radical (unpaired) electrons. The number of halogens is 1. The van der Waals surface area contributed by atoms with Gasteiger partial charge in [-0.05, 0) is 30.7 Å². The Morgan fingerprint density at radius 1 is 1.21 bits per heavy atom. The zero-order valence-corrected chi connectivity index (χ0v) is 13.7. The molecule has 5 nitrogen and oxygen atoms in total. The normalized spacial score (nSPS) is 10.9. The SMILES string of the molecule is Cc1cccc(C=NNC(=O)c2cc(-c3ccc(Cl)cc3)n[nH]2)c1. The Labute approximate surface area is 144 Å². The standard InChI is InChI=1S/C18H15ClN4O/c1-12-3-2-4-13(9-12)11-20-23-18(24)17-10-16(21-22-17)14-5-7-15(19)8-6-14/h2-11H,1H3,(H,21,22)(H,23,24). The van der Waals surface area contributed by atoms with E-state index in [0.29, 0.717) is 16.4 Å². The fourth-order valence-corrected chi connectivity index (χ4v) is 2.31. The molecule has 3 aromatic rings. The maximum absolute atomic E-state index is 12.1. The zero-order valence-electron chi connectivity index (χ0n) is 13.0. The van der Waals surface area contributed by atoms with Gasteiger partial charge < -0.3 is 0 Å². The maximum Gasteiger partial charge on any atom is 0.289 e. The van der Waals surface area contributed by atoms with Gasteiger partial charge in [0.15, 0.2) is 0 Å². The number of aromatic nitrogens is 2. The van der Waals surface area contributed by atoms with Crippen LogP contribution in [0.5, 0.6) is 0 Å². The lowest BCUT2D eigenvalue weighted by Gasteiger charge is -1.97. The summed E-state index contributed by atoms with van der Waals surface area (Å²) in [6, 6.07) is 16.7. The number of aryl methyl sites for hydroxylation is 1. The molecule has 24 heavy (non-hydrogen) atoms. The van der Waals surface area contributed by atoms with E-state index in [9.17, 15) is 4.79 Å². The van der Waals surface area contributed by atoms with Crippen molar-refractivity contribution in [3.63, 3.8) is 0 Å². The number of benzene rings is 2. The van der Waals surface area contributed by atoms with Gasteiger partial charge in [-0.2, -0.15) is 10.2 Å². The predicted octanol–water partition coefficient (Wildman–Crippen LogP) is 3.80. The Balaban J connectivity index is 1.66. The smallest absolute Gasteiger partial charge is 0.272 e. The van der Waals surface area contributed by atoms with E-state index in [2.05, 4.69) is 20.7 Å². The molecule has 1 heterocycles. The first-order valence-corrected chi connectivity index (χ1v) is 7.71. The van der Waals surface area contributed by atoms with Crippen LogP contribution in [0.1, 0.15) is 21.6 Å². The Morgan fingerprint density at radius 3 is 2.75 bits per heavy atom. The second-order valence-electron chi connectivity index (χ2n) is 5.29. The molecule has 2 aromatic carbocycles. The zero-order chi connectivity index (χ0) is 16.9. The minimum absolute atomic E-state index is 0.335. The van der Waals surface area contributed by atoms with Gasteiger partial charge in [0, 0.05) is 10.6 Å². The summed E-state index contributed by atoms with van der Waals surface area (Å²) in [4.78, 5) is 12.1. The third-order valence-electron chi connectivity index (χ3n) is 3.38. The largest absolute Gasteiger partial charge is 0.289 e. The first kappa shape index (κ1) is 16.0. The highest BCUT2D eigenvalue weighted by atomic mass is 35.5. The van der Waals surface area contributed by atoms with Crippen LogP contribution in [0.3, 0.4) is 0 Å². The molecule has 1 aromatic heterocycles. The van der Waals surface area contributed by atoms with Crippen LogP contribution in [-0.2, 0) is 0 Å². The van der Waals surface area contributed by atoms with E-state index in [1.54, 1.807) is 24.4 Å². The lowest BCUT2D eigenvalue weighted by atomic mass is 10.1. The highest BCUT2D eigenvalue weighted by Gasteiger charge is 2.10. The van der Waals surface area contributed by atoms with E-state index in [1.165, 1.54) is 0 Å². The number of rotatable bonds is 4. The van der Waals surface area contributed by atoms with Crippen LogP contribution >= 0.6 is 11.6 Å². The number of carbonyl (C=O) groups excluding carboxylic acids is 1. The fourth-order valence-electron chi connectivity index (χ4n) is 2.18. The van der Waals surface area contributed by atoms with Crippen LogP contribution in [0.25, 0.3) is 11.3 Å². The first-order valence-electron chi connectivity index (χ1n) is 7.33. The van der Waals surface area contributed by atoms with Gasteiger partial charge in [0.1, 0.15) is 5.69 Å². The summed E-state index contributed by atoms with van der Waals surface area (Å²) in [6.07, 6.45) is 1.60. The van der Waals surface area contributed by atoms with Crippen LogP contribution < -0.4 is 5.43 Å². The minimum atomic E-state index is -0.355. The molecule has 0 aliphatic rings. The first-order chi connectivity index (χ1) is 11.6. The van der Waals surface area contributed by atoms with E-state index in [1.807, 2.05) is 43.3 Å². The Bertz CT molecular complexity index is 884. The number of nitrogens with one attached hydrogen (secondary N) is 2. The molecule has 3 rings (SSSR count). The van der Waals surface area contributed by atoms with Crippen molar-refractivity contribution < 1.29 is 4.79 Å². The molecule has 0 aliphatic heterocycles. The second-order valence-corrected chi connectivity index (χ2v) is 5.72. The number of hydrogen-bond acceptors (Lipinski definition) is 3. The van der Waals surface area contributed by atoms with E-state index in [4.69, 9.17) is 11.6 Å². The molecule has 120 valence electrons. The van der Waals surface area contributed by atoms with Crippen molar-refractivity contribution in [3.05, 3.63) is 76.4 Å². The van der Waals surface area contributed by atoms with E-state index >= 15 is 0 Å². The molecule has 0 bridgehead atoms.